The Bertz CT molecular complexity index is 716. The number of aromatic nitrogens is 1. The highest BCUT2D eigenvalue weighted by atomic mass is 79.9. The van der Waals surface area contributed by atoms with E-state index in [9.17, 15) is 4.79 Å². The van der Waals surface area contributed by atoms with Crippen LogP contribution in [0.3, 0.4) is 0 Å². The predicted octanol–water partition coefficient (Wildman–Crippen LogP) is 4.01. The van der Waals surface area contributed by atoms with Crippen molar-refractivity contribution in [1.29, 1.82) is 0 Å². The summed E-state index contributed by atoms with van der Waals surface area (Å²) in [5.41, 5.74) is 1.75. The fourth-order valence-electron chi connectivity index (χ4n) is 1.97. The van der Waals surface area contributed by atoms with Gasteiger partial charge in [-0.25, -0.2) is 4.79 Å². The SMILES string of the molecule is CCOC(=O)/C=C/c1cc(Br)c(OCc2cccnc2)c(OC)c1. The van der Waals surface area contributed by atoms with Crippen LogP contribution in [-0.4, -0.2) is 24.7 Å². The summed E-state index contributed by atoms with van der Waals surface area (Å²) in [6.45, 7) is 2.48. The van der Waals surface area contributed by atoms with Gasteiger partial charge in [0, 0.05) is 24.0 Å². The number of hydrogen-bond acceptors (Lipinski definition) is 5. The second-order valence-corrected chi connectivity index (χ2v) is 5.62. The van der Waals surface area contributed by atoms with Crippen molar-refractivity contribution in [3.05, 3.63) is 58.3 Å². The van der Waals surface area contributed by atoms with Crippen LogP contribution in [0.1, 0.15) is 18.1 Å². The van der Waals surface area contributed by atoms with Crippen LogP contribution in [0.15, 0.2) is 47.2 Å². The first-order valence-electron chi connectivity index (χ1n) is 7.38. The Balaban J connectivity index is 2.16. The Morgan fingerprint density at radius 1 is 1.38 bits per heavy atom. The lowest BCUT2D eigenvalue weighted by Crippen LogP contribution is -2.00. The Kier molecular flexibility index (Phi) is 6.81. The average molecular weight is 392 g/mol. The van der Waals surface area contributed by atoms with Gasteiger partial charge in [-0.05, 0) is 52.7 Å². The van der Waals surface area contributed by atoms with Crippen LogP contribution in [0, 0.1) is 0 Å². The molecule has 0 fully saturated rings. The van der Waals surface area contributed by atoms with E-state index in [1.807, 2.05) is 18.2 Å². The molecule has 0 spiro atoms. The first-order valence-corrected chi connectivity index (χ1v) is 8.17. The Labute approximate surface area is 149 Å². The van der Waals surface area contributed by atoms with Gasteiger partial charge in [0.1, 0.15) is 6.61 Å². The molecule has 0 aliphatic heterocycles. The maximum absolute atomic E-state index is 11.4. The number of rotatable bonds is 7. The summed E-state index contributed by atoms with van der Waals surface area (Å²) in [5.74, 6) is 0.774. The van der Waals surface area contributed by atoms with Gasteiger partial charge in [-0.3, -0.25) is 4.98 Å². The first kappa shape index (κ1) is 18.0. The molecule has 0 saturated heterocycles. The highest BCUT2D eigenvalue weighted by molar-refractivity contribution is 9.10. The lowest BCUT2D eigenvalue weighted by atomic mass is 10.2. The number of carbonyl (C=O) groups is 1. The Morgan fingerprint density at radius 3 is 2.88 bits per heavy atom. The van der Waals surface area contributed by atoms with E-state index in [2.05, 4.69) is 20.9 Å². The summed E-state index contributed by atoms with van der Waals surface area (Å²) >= 11 is 3.48. The fourth-order valence-corrected chi connectivity index (χ4v) is 2.54. The molecular formula is C18H18BrNO4. The largest absolute Gasteiger partial charge is 0.493 e. The minimum Gasteiger partial charge on any atom is -0.493 e. The van der Waals surface area contributed by atoms with Crippen LogP contribution in [0.4, 0.5) is 0 Å². The van der Waals surface area contributed by atoms with Gasteiger partial charge < -0.3 is 14.2 Å². The third-order valence-corrected chi connectivity index (χ3v) is 3.65. The van der Waals surface area contributed by atoms with Crippen molar-refractivity contribution >= 4 is 28.0 Å². The van der Waals surface area contributed by atoms with E-state index in [1.54, 1.807) is 38.6 Å². The van der Waals surface area contributed by atoms with Gasteiger partial charge in [-0.15, -0.1) is 0 Å². The molecule has 2 rings (SSSR count). The molecule has 0 bridgehead atoms. The van der Waals surface area contributed by atoms with E-state index in [0.29, 0.717) is 24.7 Å². The number of carbonyl (C=O) groups excluding carboxylic acids is 1. The van der Waals surface area contributed by atoms with Crippen LogP contribution < -0.4 is 9.47 Å². The Hall–Kier alpha value is -2.34. The van der Waals surface area contributed by atoms with Crippen LogP contribution in [-0.2, 0) is 16.1 Å². The van der Waals surface area contributed by atoms with E-state index < -0.39 is 0 Å². The molecule has 0 aliphatic rings. The average Bonchev–Trinajstić information content (AvgIpc) is 2.59. The maximum Gasteiger partial charge on any atom is 0.330 e. The molecule has 5 nitrogen and oxygen atoms in total. The zero-order chi connectivity index (χ0) is 17.4. The number of esters is 1. The minimum atomic E-state index is -0.385. The van der Waals surface area contributed by atoms with E-state index in [1.165, 1.54) is 6.08 Å². The third kappa shape index (κ3) is 5.09. The number of benzene rings is 1. The van der Waals surface area contributed by atoms with Crippen molar-refractivity contribution in [1.82, 2.24) is 4.98 Å². The number of halogens is 1. The lowest BCUT2D eigenvalue weighted by molar-refractivity contribution is -0.137. The van der Waals surface area contributed by atoms with Gasteiger partial charge in [-0.1, -0.05) is 6.07 Å². The molecule has 6 heteroatoms. The van der Waals surface area contributed by atoms with Gasteiger partial charge in [-0.2, -0.15) is 0 Å². The molecule has 0 aliphatic carbocycles. The summed E-state index contributed by atoms with van der Waals surface area (Å²) in [7, 11) is 1.57. The molecule has 0 saturated carbocycles. The van der Waals surface area contributed by atoms with Crippen molar-refractivity contribution in [3.63, 3.8) is 0 Å². The predicted molar refractivity (Wildman–Crippen MR) is 94.9 cm³/mol. The lowest BCUT2D eigenvalue weighted by Gasteiger charge is -2.13. The van der Waals surface area contributed by atoms with Gasteiger partial charge in [0.2, 0.25) is 0 Å². The van der Waals surface area contributed by atoms with E-state index in [4.69, 9.17) is 14.2 Å². The summed E-state index contributed by atoms with van der Waals surface area (Å²) in [6, 6.07) is 7.42. The summed E-state index contributed by atoms with van der Waals surface area (Å²) in [6.07, 6.45) is 6.50. The molecular weight excluding hydrogens is 374 g/mol. The highest BCUT2D eigenvalue weighted by Gasteiger charge is 2.11. The molecule has 24 heavy (non-hydrogen) atoms. The Morgan fingerprint density at radius 2 is 2.21 bits per heavy atom. The van der Waals surface area contributed by atoms with Crippen molar-refractivity contribution < 1.29 is 19.0 Å². The fraction of sp³-hybridized carbons (Fsp3) is 0.222. The smallest absolute Gasteiger partial charge is 0.330 e. The zero-order valence-corrected chi connectivity index (χ0v) is 15.1. The highest BCUT2D eigenvalue weighted by Crippen LogP contribution is 2.37. The normalized spacial score (nSPS) is 10.6. The van der Waals surface area contributed by atoms with Crippen molar-refractivity contribution in [2.24, 2.45) is 0 Å². The van der Waals surface area contributed by atoms with Crippen LogP contribution in [0.2, 0.25) is 0 Å². The van der Waals surface area contributed by atoms with Crippen molar-refractivity contribution in [3.8, 4) is 11.5 Å². The molecule has 2 aromatic rings. The molecule has 1 aromatic heterocycles. The van der Waals surface area contributed by atoms with E-state index in [0.717, 1.165) is 15.6 Å². The van der Waals surface area contributed by atoms with Crippen molar-refractivity contribution in [2.75, 3.05) is 13.7 Å². The summed E-state index contributed by atoms with van der Waals surface area (Å²) < 4.78 is 16.8. The van der Waals surface area contributed by atoms with E-state index in [-0.39, 0.29) is 5.97 Å². The second-order valence-electron chi connectivity index (χ2n) is 4.77. The van der Waals surface area contributed by atoms with Crippen LogP contribution in [0.5, 0.6) is 11.5 Å². The summed E-state index contributed by atoms with van der Waals surface area (Å²) in [4.78, 5) is 15.5. The number of nitrogens with zero attached hydrogens (tertiary/aromatic N) is 1. The zero-order valence-electron chi connectivity index (χ0n) is 13.5. The molecule has 0 amide bonds. The van der Waals surface area contributed by atoms with Gasteiger partial charge in [0.05, 0.1) is 18.2 Å². The molecule has 126 valence electrons. The van der Waals surface area contributed by atoms with Gasteiger partial charge in [0.25, 0.3) is 0 Å². The van der Waals surface area contributed by atoms with Gasteiger partial charge in [0.15, 0.2) is 11.5 Å². The molecule has 1 aromatic carbocycles. The van der Waals surface area contributed by atoms with Crippen LogP contribution >= 0.6 is 15.9 Å². The standard InChI is InChI=1S/C18H18BrNO4/c1-3-23-17(21)7-6-13-9-15(19)18(16(10-13)22-2)24-12-14-5-4-8-20-11-14/h4-11H,3,12H2,1-2H3/b7-6+. The maximum atomic E-state index is 11.4. The number of ether oxygens (including phenoxy) is 3. The quantitative estimate of drug-likeness (QED) is 0.527. The molecule has 0 unspecified atom stereocenters. The molecule has 0 atom stereocenters. The molecule has 0 N–H and O–H groups in total. The molecule has 1 heterocycles. The minimum absolute atomic E-state index is 0.345. The number of methoxy groups -OCH3 is 1. The molecule has 0 radical (unpaired) electrons. The van der Waals surface area contributed by atoms with Crippen LogP contribution in [0.25, 0.3) is 6.08 Å². The monoisotopic (exact) mass is 391 g/mol. The van der Waals surface area contributed by atoms with E-state index >= 15 is 0 Å². The van der Waals surface area contributed by atoms with Crippen molar-refractivity contribution in [2.45, 2.75) is 13.5 Å². The second kappa shape index (κ2) is 9.08. The number of hydrogen-bond donors (Lipinski definition) is 0. The van der Waals surface area contributed by atoms with Gasteiger partial charge >= 0.3 is 5.97 Å². The number of pyridine rings is 1. The first-order chi connectivity index (χ1) is 11.6. The summed E-state index contributed by atoms with van der Waals surface area (Å²) in [5, 5.41) is 0. The third-order valence-electron chi connectivity index (χ3n) is 3.06. The topological polar surface area (TPSA) is 57.7 Å².